The fourth-order valence-electron chi connectivity index (χ4n) is 3.81. The third-order valence-corrected chi connectivity index (χ3v) is 5.57. The van der Waals surface area contributed by atoms with Crippen molar-refractivity contribution in [3.8, 4) is 11.5 Å². The van der Waals surface area contributed by atoms with Crippen LogP contribution >= 0.6 is 11.6 Å². The first kappa shape index (κ1) is 20.0. The molecule has 1 saturated heterocycles. The van der Waals surface area contributed by atoms with Crippen molar-refractivity contribution in [3.05, 3.63) is 58.4 Å². The van der Waals surface area contributed by atoms with Crippen LogP contribution in [-0.2, 0) is 17.8 Å². The maximum atomic E-state index is 13.0. The van der Waals surface area contributed by atoms with Crippen LogP contribution in [0.1, 0.15) is 24.0 Å². The van der Waals surface area contributed by atoms with E-state index in [1.807, 2.05) is 18.2 Å². The number of likely N-dealkylation sites (tertiary alicyclic amines) is 1. The number of ether oxygens (including phenoxy) is 2. The minimum Gasteiger partial charge on any atom is -0.486 e. The molecule has 0 aromatic heterocycles. The Morgan fingerprint density at radius 2 is 1.83 bits per heavy atom. The van der Waals surface area contributed by atoms with E-state index >= 15 is 0 Å². The summed E-state index contributed by atoms with van der Waals surface area (Å²) in [5.74, 6) is 0.917. The van der Waals surface area contributed by atoms with Crippen molar-refractivity contribution in [2.45, 2.75) is 31.8 Å². The summed E-state index contributed by atoms with van der Waals surface area (Å²) in [4.78, 5) is 14.8. The van der Waals surface area contributed by atoms with Gasteiger partial charge in [-0.05, 0) is 48.2 Å². The molecule has 29 heavy (non-hydrogen) atoms. The van der Waals surface area contributed by atoms with Crippen molar-refractivity contribution < 1.29 is 18.7 Å². The van der Waals surface area contributed by atoms with Gasteiger partial charge in [0.2, 0.25) is 5.91 Å². The van der Waals surface area contributed by atoms with Gasteiger partial charge in [0.05, 0.1) is 11.4 Å². The number of carbonyl (C=O) groups excluding carboxylic acids is 1. The lowest BCUT2D eigenvalue weighted by molar-refractivity contribution is -0.121. The first-order valence-electron chi connectivity index (χ1n) is 9.91. The molecule has 0 atom stereocenters. The molecule has 0 aliphatic carbocycles. The van der Waals surface area contributed by atoms with Gasteiger partial charge in [-0.3, -0.25) is 9.69 Å². The summed E-state index contributed by atoms with van der Waals surface area (Å²) in [6.45, 7) is 3.56. The number of benzene rings is 2. The Balaban J connectivity index is 1.26. The third kappa shape index (κ3) is 5.19. The summed E-state index contributed by atoms with van der Waals surface area (Å²) >= 11 is 6.25. The molecule has 2 aromatic carbocycles. The van der Waals surface area contributed by atoms with Gasteiger partial charge in [0.25, 0.3) is 0 Å². The number of nitrogens with zero attached hydrogens (tertiary/aromatic N) is 1. The largest absolute Gasteiger partial charge is 0.486 e. The standard InChI is InChI=1S/C22H24ClFN2O3/c23-19-11-16(12-20-22(19)29-10-9-28-20)13-21(27)25-18-5-7-26(8-6-18)14-15-1-3-17(24)4-2-15/h1-4,11-12,18H,5-10,13-14H2,(H,25,27). The molecule has 0 saturated carbocycles. The Morgan fingerprint density at radius 1 is 1.10 bits per heavy atom. The van der Waals surface area contributed by atoms with Crippen LogP contribution in [0.15, 0.2) is 36.4 Å². The molecule has 2 heterocycles. The van der Waals surface area contributed by atoms with Gasteiger partial charge in [0.15, 0.2) is 11.5 Å². The molecule has 7 heteroatoms. The van der Waals surface area contributed by atoms with E-state index in [4.69, 9.17) is 21.1 Å². The Bertz CT molecular complexity index is 867. The molecule has 1 fully saturated rings. The second-order valence-electron chi connectivity index (χ2n) is 7.52. The summed E-state index contributed by atoms with van der Waals surface area (Å²) in [5, 5.41) is 3.60. The second kappa shape index (κ2) is 9.01. The molecular weight excluding hydrogens is 395 g/mol. The van der Waals surface area contributed by atoms with Gasteiger partial charge in [-0.1, -0.05) is 23.7 Å². The number of amides is 1. The highest BCUT2D eigenvalue weighted by molar-refractivity contribution is 6.32. The van der Waals surface area contributed by atoms with Crippen molar-refractivity contribution >= 4 is 17.5 Å². The van der Waals surface area contributed by atoms with Crippen molar-refractivity contribution in [2.24, 2.45) is 0 Å². The van der Waals surface area contributed by atoms with Crippen molar-refractivity contribution in [2.75, 3.05) is 26.3 Å². The minimum absolute atomic E-state index is 0.0188. The number of hydrogen-bond donors (Lipinski definition) is 1. The van der Waals surface area contributed by atoms with Gasteiger partial charge in [-0.25, -0.2) is 4.39 Å². The number of halogens is 2. The number of carbonyl (C=O) groups is 1. The Morgan fingerprint density at radius 3 is 2.59 bits per heavy atom. The summed E-state index contributed by atoms with van der Waals surface area (Å²) in [7, 11) is 0. The van der Waals surface area contributed by atoms with Gasteiger partial charge < -0.3 is 14.8 Å². The van der Waals surface area contributed by atoms with Crippen LogP contribution in [0.2, 0.25) is 5.02 Å². The molecule has 0 unspecified atom stereocenters. The van der Waals surface area contributed by atoms with Crippen molar-refractivity contribution in [3.63, 3.8) is 0 Å². The van der Waals surface area contributed by atoms with Crippen LogP contribution in [0.3, 0.4) is 0 Å². The molecular formula is C22H24ClFN2O3. The molecule has 5 nitrogen and oxygen atoms in total. The molecule has 4 rings (SSSR count). The van der Waals surface area contributed by atoms with Gasteiger partial charge in [0, 0.05) is 25.7 Å². The monoisotopic (exact) mass is 418 g/mol. The Labute approximate surface area is 174 Å². The molecule has 1 N–H and O–H groups in total. The van der Waals surface area contributed by atoms with Crippen LogP contribution in [-0.4, -0.2) is 43.2 Å². The molecule has 1 amide bonds. The highest BCUT2D eigenvalue weighted by Crippen LogP contribution is 2.38. The van der Waals surface area contributed by atoms with Crippen LogP contribution in [0, 0.1) is 5.82 Å². The lowest BCUT2D eigenvalue weighted by Gasteiger charge is -2.32. The van der Waals surface area contributed by atoms with E-state index in [1.54, 1.807) is 6.07 Å². The molecule has 2 aliphatic rings. The smallest absolute Gasteiger partial charge is 0.224 e. The van der Waals surface area contributed by atoms with Gasteiger partial charge >= 0.3 is 0 Å². The normalized spacial score (nSPS) is 17.2. The van der Waals surface area contributed by atoms with Crippen LogP contribution in [0.25, 0.3) is 0 Å². The van der Waals surface area contributed by atoms with Gasteiger partial charge in [-0.15, -0.1) is 0 Å². The second-order valence-corrected chi connectivity index (χ2v) is 7.93. The number of piperidine rings is 1. The number of rotatable bonds is 5. The number of nitrogens with one attached hydrogen (secondary N) is 1. The van der Waals surface area contributed by atoms with E-state index in [0.29, 0.717) is 29.7 Å². The first-order valence-corrected chi connectivity index (χ1v) is 10.3. The molecule has 0 spiro atoms. The Kier molecular flexibility index (Phi) is 6.21. The first-order chi connectivity index (χ1) is 14.1. The molecule has 0 radical (unpaired) electrons. The predicted molar refractivity (Wildman–Crippen MR) is 109 cm³/mol. The molecule has 2 aliphatic heterocycles. The maximum absolute atomic E-state index is 13.0. The average Bonchev–Trinajstić information content (AvgIpc) is 2.71. The van der Waals surface area contributed by atoms with Crippen LogP contribution in [0.4, 0.5) is 4.39 Å². The zero-order valence-corrected chi connectivity index (χ0v) is 16.9. The highest BCUT2D eigenvalue weighted by atomic mass is 35.5. The predicted octanol–water partition coefficient (Wildman–Crippen LogP) is 3.57. The molecule has 2 aromatic rings. The zero-order chi connectivity index (χ0) is 20.2. The minimum atomic E-state index is -0.213. The molecule has 0 bridgehead atoms. The van der Waals surface area contributed by atoms with E-state index in [0.717, 1.165) is 43.6 Å². The SMILES string of the molecule is O=C(Cc1cc(Cl)c2c(c1)OCCO2)NC1CCN(Cc2ccc(F)cc2)CC1. The fourth-order valence-corrected chi connectivity index (χ4v) is 4.10. The number of hydrogen-bond acceptors (Lipinski definition) is 4. The lowest BCUT2D eigenvalue weighted by atomic mass is 10.0. The van der Waals surface area contributed by atoms with E-state index in [-0.39, 0.29) is 24.2 Å². The summed E-state index contributed by atoms with van der Waals surface area (Å²) < 4.78 is 24.1. The van der Waals surface area contributed by atoms with Crippen LogP contribution < -0.4 is 14.8 Å². The van der Waals surface area contributed by atoms with Crippen LogP contribution in [0.5, 0.6) is 11.5 Å². The number of fused-ring (bicyclic) bond motifs is 1. The quantitative estimate of drug-likeness (QED) is 0.806. The van der Waals surface area contributed by atoms with Crippen molar-refractivity contribution in [1.29, 1.82) is 0 Å². The summed E-state index contributed by atoms with van der Waals surface area (Å²) in [5.41, 5.74) is 1.91. The highest BCUT2D eigenvalue weighted by Gasteiger charge is 2.22. The lowest BCUT2D eigenvalue weighted by Crippen LogP contribution is -2.44. The average molecular weight is 419 g/mol. The van der Waals surface area contributed by atoms with E-state index in [2.05, 4.69) is 10.2 Å². The van der Waals surface area contributed by atoms with E-state index in [9.17, 15) is 9.18 Å². The topological polar surface area (TPSA) is 50.8 Å². The Hall–Kier alpha value is -2.31. The van der Waals surface area contributed by atoms with Gasteiger partial charge in [0.1, 0.15) is 19.0 Å². The zero-order valence-electron chi connectivity index (χ0n) is 16.1. The van der Waals surface area contributed by atoms with Crippen molar-refractivity contribution in [1.82, 2.24) is 10.2 Å². The molecule has 154 valence electrons. The van der Waals surface area contributed by atoms with E-state index in [1.165, 1.54) is 12.1 Å². The summed E-state index contributed by atoms with van der Waals surface area (Å²) in [6, 6.07) is 10.4. The van der Waals surface area contributed by atoms with E-state index < -0.39 is 0 Å². The fraction of sp³-hybridized carbons (Fsp3) is 0.409. The third-order valence-electron chi connectivity index (χ3n) is 5.29. The maximum Gasteiger partial charge on any atom is 0.224 e. The summed E-state index contributed by atoms with van der Waals surface area (Å²) in [6.07, 6.45) is 2.05. The van der Waals surface area contributed by atoms with Gasteiger partial charge in [-0.2, -0.15) is 0 Å².